The molecule has 1 N–H and O–H groups in total. The summed E-state index contributed by atoms with van der Waals surface area (Å²) in [4.78, 5) is 13.0. The topological polar surface area (TPSA) is 79.0 Å². The Morgan fingerprint density at radius 2 is 1.87 bits per heavy atom. The van der Waals surface area contributed by atoms with Gasteiger partial charge in [0.05, 0.1) is 18.7 Å². The predicted octanol–water partition coefficient (Wildman–Crippen LogP) is 3.42. The minimum atomic E-state index is -3.72. The first-order chi connectivity index (χ1) is 14.8. The van der Waals surface area contributed by atoms with Crippen molar-refractivity contribution in [1.29, 1.82) is 0 Å². The van der Waals surface area contributed by atoms with Crippen molar-refractivity contribution in [2.45, 2.75) is 58.9 Å². The predicted molar refractivity (Wildman–Crippen MR) is 123 cm³/mol. The molecule has 1 amide bonds. The highest BCUT2D eigenvalue weighted by molar-refractivity contribution is 7.90. The molecule has 7 nitrogen and oxygen atoms in total. The zero-order chi connectivity index (χ0) is 22.6. The molecule has 0 bridgehead atoms. The van der Waals surface area contributed by atoms with Crippen LogP contribution in [0.15, 0.2) is 24.3 Å². The fourth-order valence-corrected chi connectivity index (χ4v) is 6.54. The van der Waals surface area contributed by atoms with Crippen LogP contribution in [0.1, 0.15) is 52.9 Å². The zero-order valence-electron chi connectivity index (χ0n) is 19.2. The summed E-state index contributed by atoms with van der Waals surface area (Å²) in [5.74, 6) is 1.43. The molecule has 0 unspecified atom stereocenters. The standard InChI is InChI=1S/C23H37N3O4S/c1-5-26(20-11-13-21(30-4)14-12-20)31(28,29)25-15-7-9-19(16-25)23(27)24-22-10-6-8-17(2)18(22)3/h11-14,17-19,22H,5-10,15-16H2,1-4H3,(H,24,27)/t17-,18-,19-,22+/m0/s1. The Morgan fingerprint density at radius 3 is 2.52 bits per heavy atom. The number of carbonyl (C=O) groups excluding carboxylic acids is 1. The summed E-state index contributed by atoms with van der Waals surface area (Å²) in [5, 5.41) is 3.24. The molecule has 1 aliphatic heterocycles. The second-order valence-corrected chi connectivity index (χ2v) is 10.8. The van der Waals surface area contributed by atoms with Gasteiger partial charge in [0.15, 0.2) is 0 Å². The van der Waals surface area contributed by atoms with Crippen molar-refractivity contribution in [1.82, 2.24) is 9.62 Å². The van der Waals surface area contributed by atoms with Gasteiger partial charge in [-0.2, -0.15) is 12.7 Å². The Balaban J connectivity index is 1.69. The van der Waals surface area contributed by atoms with E-state index in [4.69, 9.17) is 4.74 Å². The Bertz CT molecular complexity index is 843. The monoisotopic (exact) mass is 451 g/mol. The second kappa shape index (κ2) is 10.2. The quantitative estimate of drug-likeness (QED) is 0.689. The first-order valence-corrected chi connectivity index (χ1v) is 12.9. The summed E-state index contributed by atoms with van der Waals surface area (Å²) in [6, 6.07) is 7.20. The molecule has 31 heavy (non-hydrogen) atoms. The SMILES string of the molecule is CCN(c1ccc(OC)cc1)S(=O)(=O)N1CCC[C@H](C(=O)N[C@@H]2CCC[C@H](C)[C@@H]2C)C1. The van der Waals surface area contributed by atoms with Gasteiger partial charge in [0.2, 0.25) is 5.91 Å². The molecule has 3 rings (SSSR count). The van der Waals surface area contributed by atoms with E-state index in [1.807, 2.05) is 6.92 Å². The van der Waals surface area contributed by atoms with Crippen LogP contribution in [0.25, 0.3) is 0 Å². The summed E-state index contributed by atoms with van der Waals surface area (Å²) in [6.07, 6.45) is 4.76. The molecule has 1 aliphatic carbocycles. The van der Waals surface area contributed by atoms with E-state index in [9.17, 15) is 13.2 Å². The average Bonchev–Trinajstić information content (AvgIpc) is 2.77. The van der Waals surface area contributed by atoms with Gasteiger partial charge in [-0.1, -0.05) is 26.7 Å². The van der Waals surface area contributed by atoms with E-state index in [1.54, 1.807) is 31.4 Å². The lowest BCUT2D eigenvalue weighted by molar-refractivity contribution is -0.127. The fourth-order valence-electron chi connectivity index (χ4n) is 4.82. The largest absolute Gasteiger partial charge is 0.497 e. The van der Waals surface area contributed by atoms with Gasteiger partial charge < -0.3 is 10.1 Å². The third-order valence-electron chi connectivity index (χ3n) is 7.04. The second-order valence-electron chi connectivity index (χ2n) is 8.95. The molecule has 0 radical (unpaired) electrons. The smallest absolute Gasteiger partial charge is 0.304 e. The minimum Gasteiger partial charge on any atom is -0.497 e. The van der Waals surface area contributed by atoms with E-state index in [2.05, 4.69) is 19.2 Å². The number of amides is 1. The first-order valence-electron chi connectivity index (χ1n) is 11.5. The van der Waals surface area contributed by atoms with Crippen molar-refractivity contribution >= 4 is 21.8 Å². The van der Waals surface area contributed by atoms with Gasteiger partial charge in [0.25, 0.3) is 0 Å². The van der Waals surface area contributed by atoms with Gasteiger partial charge in [-0.3, -0.25) is 9.10 Å². The molecule has 1 aromatic carbocycles. The number of nitrogens with one attached hydrogen (secondary N) is 1. The van der Waals surface area contributed by atoms with Gasteiger partial charge in [0.1, 0.15) is 5.75 Å². The number of piperidine rings is 1. The van der Waals surface area contributed by atoms with Crippen molar-refractivity contribution in [2.24, 2.45) is 17.8 Å². The van der Waals surface area contributed by atoms with E-state index in [0.717, 1.165) is 19.3 Å². The summed E-state index contributed by atoms with van der Waals surface area (Å²) < 4.78 is 34.9. The summed E-state index contributed by atoms with van der Waals surface area (Å²) in [6.45, 7) is 7.27. The van der Waals surface area contributed by atoms with E-state index in [0.29, 0.717) is 42.8 Å². The number of nitrogens with zero attached hydrogens (tertiary/aromatic N) is 2. The Labute approximate surface area is 187 Å². The van der Waals surface area contributed by atoms with Crippen molar-refractivity contribution in [3.8, 4) is 5.75 Å². The number of benzene rings is 1. The molecule has 4 atom stereocenters. The summed E-state index contributed by atoms with van der Waals surface area (Å²) in [7, 11) is -2.14. The number of methoxy groups -OCH3 is 1. The van der Waals surface area contributed by atoms with Crippen LogP contribution in [-0.2, 0) is 15.0 Å². The number of rotatable bonds is 7. The van der Waals surface area contributed by atoms with E-state index in [-0.39, 0.29) is 24.4 Å². The number of hydrogen-bond acceptors (Lipinski definition) is 4. The van der Waals surface area contributed by atoms with Crippen LogP contribution in [0.4, 0.5) is 5.69 Å². The fraction of sp³-hybridized carbons (Fsp3) is 0.696. The van der Waals surface area contributed by atoms with Gasteiger partial charge in [-0.05, 0) is 62.3 Å². The molecule has 1 saturated heterocycles. The maximum Gasteiger partial charge on any atom is 0.304 e. The highest BCUT2D eigenvalue weighted by atomic mass is 32.2. The molecular weight excluding hydrogens is 414 g/mol. The Morgan fingerprint density at radius 1 is 1.16 bits per heavy atom. The molecule has 2 fully saturated rings. The van der Waals surface area contributed by atoms with Crippen LogP contribution in [0, 0.1) is 17.8 Å². The number of carbonyl (C=O) groups is 1. The maximum atomic E-state index is 13.4. The van der Waals surface area contributed by atoms with Gasteiger partial charge >= 0.3 is 10.2 Å². The van der Waals surface area contributed by atoms with E-state index in [1.165, 1.54) is 15.0 Å². The molecule has 1 saturated carbocycles. The van der Waals surface area contributed by atoms with Crippen LogP contribution >= 0.6 is 0 Å². The van der Waals surface area contributed by atoms with Crippen LogP contribution in [0.2, 0.25) is 0 Å². The highest BCUT2D eigenvalue weighted by Crippen LogP contribution is 2.31. The van der Waals surface area contributed by atoms with Crippen molar-refractivity contribution in [3.05, 3.63) is 24.3 Å². The molecule has 1 heterocycles. The lowest BCUT2D eigenvalue weighted by Gasteiger charge is -2.38. The number of anilines is 1. The number of ether oxygens (including phenoxy) is 1. The third kappa shape index (κ3) is 5.34. The molecule has 0 spiro atoms. The van der Waals surface area contributed by atoms with Gasteiger partial charge in [0, 0.05) is 25.7 Å². The van der Waals surface area contributed by atoms with Crippen molar-refractivity contribution in [2.75, 3.05) is 31.0 Å². The lowest BCUT2D eigenvalue weighted by atomic mass is 9.78. The van der Waals surface area contributed by atoms with Crippen LogP contribution in [-0.4, -0.2) is 51.4 Å². The number of hydrogen-bond donors (Lipinski definition) is 1. The van der Waals surface area contributed by atoms with Gasteiger partial charge in [-0.25, -0.2) is 0 Å². The Kier molecular flexibility index (Phi) is 7.86. The molecule has 8 heteroatoms. The normalized spacial score (nSPS) is 27.5. The molecule has 0 aromatic heterocycles. The van der Waals surface area contributed by atoms with E-state index < -0.39 is 10.2 Å². The Hall–Kier alpha value is -1.80. The molecular formula is C23H37N3O4S. The first kappa shape index (κ1) is 23.9. The minimum absolute atomic E-state index is 0.00153. The van der Waals surface area contributed by atoms with Crippen molar-refractivity contribution < 1.29 is 17.9 Å². The summed E-state index contributed by atoms with van der Waals surface area (Å²) in [5.41, 5.74) is 0.597. The van der Waals surface area contributed by atoms with Crippen LogP contribution in [0.3, 0.4) is 0 Å². The third-order valence-corrected chi connectivity index (χ3v) is 9.05. The van der Waals surface area contributed by atoms with Crippen LogP contribution in [0.5, 0.6) is 5.75 Å². The molecule has 2 aliphatic rings. The lowest BCUT2D eigenvalue weighted by Crippen LogP contribution is -2.52. The molecule has 174 valence electrons. The van der Waals surface area contributed by atoms with Gasteiger partial charge in [-0.15, -0.1) is 0 Å². The maximum absolute atomic E-state index is 13.4. The van der Waals surface area contributed by atoms with Crippen LogP contribution < -0.4 is 14.4 Å². The zero-order valence-corrected chi connectivity index (χ0v) is 20.0. The highest BCUT2D eigenvalue weighted by Gasteiger charge is 2.37. The average molecular weight is 452 g/mol. The van der Waals surface area contributed by atoms with E-state index >= 15 is 0 Å². The summed E-state index contributed by atoms with van der Waals surface area (Å²) >= 11 is 0. The van der Waals surface area contributed by atoms with Crippen molar-refractivity contribution in [3.63, 3.8) is 0 Å². The molecule has 1 aromatic rings.